The van der Waals surface area contributed by atoms with Crippen molar-refractivity contribution in [1.82, 2.24) is 15.2 Å². The van der Waals surface area contributed by atoms with Crippen LogP contribution in [-0.2, 0) is 6.54 Å². The number of carbonyl (C=O) groups is 2. The molecular formula is C18H21N3O3. The molecule has 2 aromatic rings. The zero-order chi connectivity index (χ0) is 16.9. The van der Waals surface area contributed by atoms with Crippen LogP contribution < -0.4 is 5.32 Å². The number of hydrogen-bond acceptors (Lipinski definition) is 4. The summed E-state index contributed by atoms with van der Waals surface area (Å²) in [5, 5.41) is 2.73. The maximum atomic E-state index is 12.6. The van der Waals surface area contributed by atoms with Crippen LogP contribution in [0.5, 0.6) is 0 Å². The van der Waals surface area contributed by atoms with E-state index >= 15 is 0 Å². The fourth-order valence-corrected chi connectivity index (χ4v) is 2.92. The van der Waals surface area contributed by atoms with Crippen molar-refractivity contribution in [1.29, 1.82) is 0 Å². The molecule has 0 aliphatic carbocycles. The third kappa shape index (κ3) is 3.82. The summed E-state index contributed by atoms with van der Waals surface area (Å²) < 4.78 is 5.18. The number of nitrogens with zero attached hydrogens (tertiary/aromatic N) is 2. The molecule has 2 amide bonds. The third-order valence-electron chi connectivity index (χ3n) is 4.19. The maximum Gasteiger partial charge on any atom is 0.270 e. The van der Waals surface area contributed by atoms with Crippen LogP contribution in [0, 0.1) is 5.92 Å². The molecule has 1 N–H and O–H groups in total. The molecule has 0 saturated carbocycles. The minimum atomic E-state index is -0.326. The highest BCUT2D eigenvalue weighted by Gasteiger charge is 2.22. The molecule has 1 aliphatic rings. The standard InChI is InChI=1S/C18H21N3O3/c1-13-4-2-8-21(12-13)18(23)14-6-7-19-16(10-14)17(22)20-11-15-5-3-9-24-15/h3,5-7,9-10,13H,2,4,8,11-12H2,1H3,(H,20,22). The first kappa shape index (κ1) is 16.2. The van der Waals surface area contributed by atoms with E-state index in [1.54, 1.807) is 30.5 Å². The normalized spacial score (nSPS) is 17.5. The third-order valence-corrected chi connectivity index (χ3v) is 4.19. The Morgan fingerprint density at radius 3 is 3.04 bits per heavy atom. The van der Waals surface area contributed by atoms with Crippen LogP contribution in [0.3, 0.4) is 0 Å². The maximum absolute atomic E-state index is 12.6. The lowest BCUT2D eigenvalue weighted by molar-refractivity contribution is 0.0683. The number of piperidine rings is 1. The number of hydrogen-bond donors (Lipinski definition) is 1. The summed E-state index contributed by atoms with van der Waals surface area (Å²) in [6.07, 6.45) is 5.23. The molecule has 6 nitrogen and oxygen atoms in total. The van der Waals surface area contributed by atoms with Gasteiger partial charge in [-0.15, -0.1) is 0 Å². The first-order valence-electron chi connectivity index (χ1n) is 8.19. The van der Waals surface area contributed by atoms with Gasteiger partial charge < -0.3 is 14.6 Å². The van der Waals surface area contributed by atoms with E-state index in [0.29, 0.717) is 17.2 Å². The Morgan fingerprint density at radius 2 is 2.29 bits per heavy atom. The zero-order valence-electron chi connectivity index (χ0n) is 13.7. The molecule has 0 radical (unpaired) electrons. The molecule has 6 heteroatoms. The van der Waals surface area contributed by atoms with E-state index in [1.165, 1.54) is 6.20 Å². The molecule has 24 heavy (non-hydrogen) atoms. The SMILES string of the molecule is CC1CCCN(C(=O)c2ccnc(C(=O)NCc3ccco3)c2)C1. The van der Waals surface area contributed by atoms with E-state index in [2.05, 4.69) is 17.2 Å². The summed E-state index contributed by atoms with van der Waals surface area (Å²) in [5.74, 6) is 0.815. The van der Waals surface area contributed by atoms with Crippen LogP contribution in [0.25, 0.3) is 0 Å². The van der Waals surface area contributed by atoms with Gasteiger partial charge in [0.15, 0.2) is 0 Å². The molecule has 2 aromatic heterocycles. The highest BCUT2D eigenvalue weighted by Crippen LogP contribution is 2.18. The van der Waals surface area contributed by atoms with Gasteiger partial charge in [0, 0.05) is 24.8 Å². The number of likely N-dealkylation sites (tertiary alicyclic amines) is 1. The number of pyridine rings is 1. The van der Waals surface area contributed by atoms with Gasteiger partial charge in [-0.05, 0) is 43.0 Å². The molecule has 1 atom stereocenters. The van der Waals surface area contributed by atoms with Crippen molar-refractivity contribution in [2.24, 2.45) is 5.92 Å². The zero-order valence-corrected chi connectivity index (χ0v) is 13.7. The molecule has 0 spiro atoms. The van der Waals surface area contributed by atoms with Crippen LogP contribution in [0.2, 0.25) is 0 Å². The van der Waals surface area contributed by atoms with E-state index in [4.69, 9.17) is 4.42 Å². The molecule has 3 rings (SSSR count). The van der Waals surface area contributed by atoms with Gasteiger partial charge in [0.25, 0.3) is 11.8 Å². The number of rotatable bonds is 4. The predicted octanol–water partition coefficient (Wildman–Crippen LogP) is 2.48. The average molecular weight is 327 g/mol. The van der Waals surface area contributed by atoms with Gasteiger partial charge >= 0.3 is 0 Å². The lowest BCUT2D eigenvalue weighted by atomic mass is 9.99. The topological polar surface area (TPSA) is 75.4 Å². The Morgan fingerprint density at radius 1 is 1.42 bits per heavy atom. The number of amides is 2. The summed E-state index contributed by atoms with van der Waals surface area (Å²) in [6.45, 7) is 3.97. The minimum absolute atomic E-state index is 0.0379. The van der Waals surface area contributed by atoms with E-state index in [9.17, 15) is 9.59 Å². The van der Waals surface area contributed by atoms with Gasteiger partial charge in [-0.25, -0.2) is 0 Å². The van der Waals surface area contributed by atoms with Crippen LogP contribution in [0.15, 0.2) is 41.1 Å². The Labute approximate surface area is 140 Å². The van der Waals surface area contributed by atoms with E-state index in [0.717, 1.165) is 25.9 Å². The largest absolute Gasteiger partial charge is 0.467 e. The van der Waals surface area contributed by atoms with Crippen molar-refractivity contribution >= 4 is 11.8 Å². The Balaban J connectivity index is 1.66. The second kappa shape index (κ2) is 7.29. The van der Waals surface area contributed by atoms with Crippen molar-refractivity contribution in [3.05, 3.63) is 53.7 Å². The van der Waals surface area contributed by atoms with Crippen molar-refractivity contribution in [3.8, 4) is 0 Å². The Hall–Kier alpha value is -2.63. The van der Waals surface area contributed by atoms with Crippen LogP contribution in [0.4, 0.5) is 0 Å². The van der Waals surface area contributed by atoms with Gasteiger partial charge in [0.2, 0.25) is 0 Å². The molecule has 1 saturated heterocycles. The summed E-state index contributed by atoms with van der Waals surface area (Å²) in [6, 6.07) is 6.76. The van der Waals surface area contributed by atoms with Gasteiger partial charge in [0.05, 0.1) is 12.8 Å². The van der Waals surface area contributed by atoms with Gasteiger partial charge in [-0.1, -0.05) is 6.92 Å². The van der Waals surface area contributed by atoms with Crippen LogP contribution in [-0.4, -0.2) is 34.8 Å². The van der Waals surface area contributed by atoms with Crippen molar-refractivity contribution in [2.75, 3.05) is 13.1 Å². The quantitative estimate of drug-likeness (QED) is 0.936. The molecule has 1 aliphatic heterocycles. The molecule has 0 aromatic carbocycles. The van der Waals surface area contributed by atoms with Crippen molar-refractivity contribution < 1.29 is 14.0 Å². The number of furan rings is 1. The monoisotopic (exact) mass is 327 g/mol. The molecular weight excluding hydrogens is 306 g/mol. The Kier molecular flexibility index (Phi) is 4.93. The summed E-state index contributed by atoms with van der Waals surface area (Å²) in [4.78, 5) is 30.7. The average Bonchev–Trinajstić information content (AvgIpc) is 3.12. The number of aromatic nitrogens is 1. The van der Waals surface area contributed by atoms with Crippen molar-refractivity contribution in [2.45, 2.75) is 26.3 Å². The van der Waals surface area contributed by atoms with Crippen molar-refractivity contribution in [3.63, 3.8) is 0 Å². The fourth-order valence-electron chi connectivity index (χ4n) is 2.92. The number of nitrogens with one attached hydrogen (secondary N) is 1. The van der Waals surface area contributed by atoms with E-state index < -0.39 is 0 Å². The molecule has 0 bridgehead atoms. The smallest absolute Gasteiger partial charge is 0.270 e. The highest BCUT2D eigenvalue weighted by atomic mass is 16.3. The summed E-state index contributed by atoms with van der Waals surface area (Å²) in [5.41, 5.74) is 0.736. The molecule has 1 fully saturated rings. The first-order chi connectivity index (χ1) is 11.6. The molecule has 1 unspecified atom stereocenters. The van der Waals surface area contributed by atoms with Gasteiger partial charge in [-0.3, -0.25) is 14.6 Å². The lowest BCUT2D eigenvalue weighted by Gasteiger charge is -2.31. The first-order valence-corrected chi connectivity index (χ1v) is 8.19. The second-order valence-corrected chi connectivity index (χ2v) is 6.19. The van der Waals surface area contributed by atoms with E-state index in [-0.39, 0.29) is 24.1 Å². The van der Waals surface area contributed by atoms with Gasteiger partial charge in [0.1, 0.15) is 11.5 Å². The summed E-state index contributed by atoms with van der Waals surface area (Å²) >= 11 is 0. The van der Waals surface area contributed by atoms with Crippen LogP contribution >= 0.6 is 0 Å². The molecule has 3 heterocycles. The molecule has 126 valence electrons. The highest BCUT2D eigenvalue weighted by molar-refractivity contribution is 5.98. The lowest BCUT2D eigenvalue weighted by Crippen LogP contribution is -2.39. The summed E-state index contributed by atoms with van der Waals surface area (Å²) in [7, 11) is 0. The second-order valence-electron chi connectivity index (χ2n) is 6.19. The number of carbonyl (C=O) groups excluding carboxylic acids is 2. The Bertz CT molecular complexity index is 712. The van der Waals surface area contributed by atoms with Crippen LogP contribution in [0.1, 0.15) is 46.4 Å². The minimum Gasteiger partial charge on any atom is -0.467 e. The fraction of sp³-hybridized carbons (Fsp3) is 0.389. The predicted molar refractivity (Wildman–Crippen MR) is 88.4 cm³/mol. The van der Waals surface area contributed by atoms with Gasteiger partial charge in [-0.2, -0.15) is 0 Å². The van der Waals surface area contributed by atoms with E-state index in [1.807, 2.05) is 4.90 Å².